The first-order valence-electron chi connectivity index (χ1n) is 7.46. The largest absolute Gasteiger partial charge is 1.00 e. The van der Waals surface area contributed by atoms with Gasteiger partial charge in [0.2, 0.25) is 0 Å². The third kappa shape index (κ3) is 2.86. The summed E-state index contributed by atoms with van der Waals surface area (Å²) in [6, 6.07) is 26.0. The van der Waals surface area contributed by atoms with Gasteiger partial charge >= 0.3 is 29.6 Å². The molecule has 0 N–H and O–H groups in total. The Morgan fingerprint density at radius 2 is 0.958 bits per heavy atom. The van der Waals surface area contributed by atoms with Crippen molar-refractivity contribution in [1.29, 1.82) is 0 Å². The molecule has 0 radical (unpaired) electrons. The zero-order valence-corrected chi connectivity index (χ0v) is 16.2. The smallest absolute Gasteiger partial charge is 0.793 e. The first-order valence-corrected chi connectivity index (χ1v) is 9.08. The molecule has 4 aromatic carbocycles. The monoisotopic (exact) mass is 340 g/mol. The Kier molecular flexibility index (Phi) is 4.96. The first kappa shape index (κ1) is 17.4. The van der Waals surface area contributed by atoms with Gasteiger partial charge in [-0.1, -0.05) is 84.9 Å². The summed E-state index contributed by atoms with van der Waals surface area (Å²) < 4.78 is 13.3. The molecule has 0 amide bonds. The Balaban J connectivity index is 0.00000169. The minimum absolute atomic E-state index is 0. The fourth-order valence-corrected chi connectivity index (χ4v) is 4.93. The summed E-state index contributed by atoms with van der Waals surface area (Å²) >= 11 is 0. The molecule has 0 atom stereocenters. The van der Waals surface area contributed by atoms with E-state index < -0.39 is 7.37 Å². The van der Waals surface area contributed by atoms with Gasteiger partial charge in [-0.15, -0.1) is 0 Å². The number of benzene rings is 4. The molecule has 4 heteroatoms. The van der Waals surface area contributed by atoms with E-state index in [1.807, 2.05) is 60.7 Å². The van der Waals surface area contributed by atoms with E-state index in [-0.39, 0.29) is 29.6 Å². The Morgan fingerprint density at radius 1 is 0.583 bits per heavy atom. The molecule has 0 fully saturated rings. The van der Waals surface area contributed by atoms with Crippen LogP contribution in [0.2, 0.25) is 0 Å². The van der Waals surface area contributed by atoms with Gasteiger partial charge in [0.1, 0.15) is 0 Å². The van der Waals surface area contributed by atoms with Gasteiger partial charge in [-0.05, 0) is 21.5 Å². The molecule has 0 aromatic heterocycles. The Bertz CT molecular complexity index is 981. The molecule has 0 aliphatic heterocycles. The number of fused-ring (bicyclic) bond motifs is 2. The van der Waals surface area contributed by atoms with E-state index in [2.05, 4.69) is 0 Å². The van der Waals surface area contributed by atoms with Crippen LogP contribution in [0.4, 0.5) is 0 Å². The first-order chi connectivity index (χ1) is 11.2. The summed E-state index contributed by atoms with van der Waals surface area (Å²) in [6.45, 7) is 0. The molecule has 0 saturated carbocycles. The van der Waals surface area contributed by atoms with E-state index in [0.717, 1.165) is 21.5 Å². The maximum absolute atomic E-state index is 13.3. The topological polar surface area (TPSA) is 40.1 Å². The molecule has 0 spiro atoms. The molecule has 24 heavy (non-hydrogen) atoms. The average molecular weight is 340 g/mol. The van der Waals surface area contributed by atoms with Crippen molar-refractivity contribution in [1.82, 2.24) is 0 Å². The summed E-state index contributed by atoms with van der Waals surface area (Å²) in [4.78, 5) is 13.3. The molecule has 4 aromatic rings. The maximum atomic E-state index is 13.3. The van der Waals surface area contributed by atoms with E-state index in [1.54, 1.807) is 24.3 Å². The van der Waals surface area contributed by atoms with Crippen molar-refractivity contribution < 1.29 is 39.0 Å². The van der Waals surface area contributed by atoms with Crippen molar-refractivity contribution in [3.63, 3.8) is 0 Å². The second-order valence-electron chi connectivity index (χ2n) is 5.55. The number of hydrogen-bond acceptors (Lipinski definition) is 2. The fraction of sp³-hybridized carbons (Fsp3) is 0. The molecule has 0 aliphatic carbocycles. The second kappa shape index (κ2) is 6.84. The molecule has 2 nitrogen and oxygen atoms in total. The molecular formula is C20H14NaO2P. The SMILES string of the molecule is O=P([O-])(c1cccc2ccccc12)c1cccc2ccccc12.[Na+]. The van der Waals surface area contributed by atoms with Crippen molar-refractivity contribution in [2.24, 2.45) is 0 Å². The van der Waals surface area contributed by atoms with Gasteiger partial charge in [0, 0.05) is 10.6 Å². The normalized spacial score (nSPS) is 11.4. The number of rotatable bonds is 2. The minimum atomic E-state index is -3.94. The van der Waals surface area contributed by atoms with E-state index in [0.29, 0.717) is 10.6 Å². The third-order valence-electron chi connectivity index (χ3n) is 4.17. The van der Waals surface area contributed by atoms with Crippen molar-refractivity contribution in [2.45, 2.75) is 0 Å². The van der Waals surface area contributed by atoms with Crippen molar-refractivity contribution >= 4 is 39.5 Å². The van der Waals surface area contributed by atoms with Crippen molar-refractivity contribution in [3.8, 4) is 0 Å². The van der Waals surface area contributed by atoms with Crippen LogP contribution in [0.3, 0.4) is 0 Å². The minimum Gasteiger partial charge on any atom is -0.793 e. The molecule has 0 saturated heterocycles. The van der Waals surface area contributed by atoms with Gasteiger partial charge in [0.05, 0.1) is 7.37 Å². The van der Waals surface area contributed by atoms with Crippen LogP contribution < -0.4 is 45.1 Å². The predicted octanol–water partition coefficient (Wildman–Crippen LogP) is 0.586. The van der Waals surface area contributed by atoms with Crippen LogP contribution in [-0.4, -0.2) is 0 Å². The van der Waals surface area contributed by atoms with Gasteiger partial charge in [-0.2, -0.15) is 0 Å². The van der Waals surface area contributed by atoms with Gasteiger partial charge in [-0.25, -0.2) is 0 Å². The average Bonchev–Trinajstić information content (AvgIpc) is 2.60. The van der Waals surface area contributed by atoms with Crippen LogP contribution in [0.15, 0.2) is 84.9 Å². The van der Waals surface area contributed by atoms with Gasteiger partial charge in [0.15, 0.2) is 0 Å². The van der Waals surface area contributed by atoms with Gasteiger partial charge in [-0.3, -0.25) is 0 Å². The molecule has 0 aliphatic rings. The van der Waals surface area contributed by atoms with Crippen LogP contribution in [0.5, 0.6) is 0 Å². The van der Waals surface area contributed by atoms with E-state index in [1.165, 1.54) is 0 Å². The summed E-state index contributed by atoms with van der Waals surface area (Å²) in [5.41, 5.74) is 0. The number of hydrogen-bond donors (Lipinski definition) is 0. The van der Waals surface area contributed by atoms with Crippen LogP contribution in [-0.2, 0) is 4.57 Å². The van der Waals surface area contributed by atoms with Crippen LogP contribution in [0, 0.1) is 0 Å². The molecule has 112 valence electrons. The van der Waals surface area contributed by atoms with Crippen LogP contribution >= 0.6 is 7.37 Å². The van der Waals surface area contributed by atoms with Gasteiger partial charge < -0.3 is 9.46 Å². The fourth-order valence-electron chi connectivity index (χ4n) is 3.06. The standard InChI is InChI=1S/C20H15O2P.Na/c21-23(22,19-13-5-9-15-7-1-3-11-17(15)19)20-14-6-10-16-8-2-4-12-18(16)20;/h1-14H,(H,21,22);/q;+1/p-1. The second-order valence-corrected chi connectivity index (χ2v) is 7.61. The van der Waals surface area contributed by atoms with Crippen molar-refractivity contribution in [3.05, 3.63) is 84.9 Å². The molecular weight excluding hydrogens is 326 g/mol. The molecule has 4 rings (SSSR count). The van der Waals surface area contributed by atoms with E-state index >= 15 is 0 Å². The summed E-state index contributed by atoms with van der Waals surface area (Å²) in [6.07, 6.45) is 0. The third-order valence-corrected chi connectivity index (χ3v) is 6.22. The van der Waals surface area contributed by atoms with Crippen LogP contribution in [0.25, 0.3) is 21.5 Å². The quantitative estimate of drug-likeness (QED) is 0.396. The zero-order valence-electron chi connectivity index (χ0n) is 13.3. The molecule has 0 bridgehead atoms. The maximum Gasteiger partial charge on any atom is 1.00 e. The Morgan fingerprint density at radius 3 is 1.42 bits per heavy atom. The van der Waals surface area contributed by atoms with E-state index in [4.69, 9.17) is 0 Å². The molecule has 0 unspecified atom stereocenters. The van der Waals surface area contributed by atoms with Crippen molar-refractivity contribution in [2.75, 3.05) is 0 Å². The Hall–Kier alpha value is -1.41. The van der Waals surface area contributed by atoms with E-state index in [9.17, 15) is 9.46 Å². The summed E-state index contributed by atoms with van der Waals surface area (Å²) in [5.74, 6) is 0. The molecule has 0 heterocycles. The Labute approximate surface area is 162 Å². The zero-order chi connectivity index (χ0) is 15.9. The van der Waals surface area contributed by atoms with Crippen LogP contribution in [0.1, 0.15) is 0 Å². The van der Waals surface area contributed by atoms with Gasteiger partial charge in [0.25, 0.3) is 0 Å². The predicted molar refractivity (Wildman–Crippen MR) is 94.8 cm³/mol. The summed E-state index contributed by atoms with van der Waals surface area (Å²) in [5, 5.41) is 4.16. The summed E-state index contributed by atoms with van der Waals surface area (Å²) in [7, 11) is -3.94.